The number of halogens is 1. The fraction of sp³-hybridized carbons (Fsp3) is 0.636. The SMILES string of the molecule is CN1C(=O)C(Cc2ccc(Br)cc2B2OC(C)(C)C(C)(C)O2)N(C(=O)O)C1C(C)(C)C. The Kier molecular flexibility index (Phi) is 6.04. The molecule has 2 aliphatic rings. The van der Waals surface area contributed by atoms with Crippen molar-refractivity contribution >= 4 is 40.5 Å². The Balaban J connectivity index is 2.00. The van der Waals surface area contributed by atoms with Gasteiger partial charge in [-0.25, -0.2) is 4.79 Å². The summed E-state index contributed by atoms with van der Waals surface area (Å²) in [5, 5.41) is 9.98. The number of carbonyl (C=O) groups excluding carboxylic acids is 1. The van der Waals surface area contributed by atoms with Crippen molar-refractivity contribution in [1.82, 2.24) is 9.80 Å². The highest BCUT2D eigenvalue weighted by Gasteiger charge is 2.54. The summed E-state index contributed by atoms with van der Waals surface area (Å²) in [6.07, 6.45) is -1.40. The van der Waals surface area contributed by atoms with Crippen LogP contribution in [0.3, 0.4) is 0 Å². The van der Waals surface area contributed by atoms with Crippen molar-refractivity contribution in [3.63, 3.8) is 0 Å². The van der Waals surface area contributed by atoms with Crippen LogP contribution < -0.4 is 5.46 Å². The highest BCUT2D eigenvalue weighted by molar-refractivity contribution is 9.10. The minimum atomic E-state index is -1.10. The number of benzene rings is 1. The van der Waals surface area contributed by atoms with Crippen LogP contribution >= 0.6 is 15.9 Å². The van der Waals surface area contributed by atoms with Crippen LogP contribution in [0.4, 0.5) is 4.79 Å². The van der Waals surface area contributed by atoms with Crippen LogP contribution in [-0.2, 0) is 20.5 Å². The first-order valence-corrected chi connectivity index (χ1v) is 11.3. The molecule has 2 aliphatic heterocycles. The largest absolute Gasteiger partial charge is 0.495 e. The molecule has 1 aromatic rings. The molecule has 0 spiro atoms. The monoisotopic (exact) mass is 494 g/mol. The molecule has 2 saturated heterocycles. The lowest BCUT2D eigenvalue weighted by atomic mass is 9.74. The highest BCUT2D eigenvalue weighted by atomic mass is 79.9. The van der Waals surface area contributed by atoms with E-state index in [1.54, 1.807) is 11.9 Å². The van der Waals surface area contributed by atoms with Crippen molar-refractivity contribution in [2.45, 2.75) is 78.3 Å². The van der Waals surface area contributed by atoms with E-state index in [-0.39, 0.29) is 12.3 Å². The summed E-state index contributed by atoms with van der Waals surface area (Å²) in [4.78, 5) is 28.2. The van der Waals surface area contributed by atoms with E-state index in [1.165, 1.54) is 4.90 Å². The third-order valence-corrected chi connectivity index (χ3v) is 7.12. The fourth-order valence-corrected chi connectivity index (χ4v) is 4.78. The van der Waals surface area contributed by atoms with Crippen molar-refractivity contribution in [2.24, 2.45) is 5.41 Å². The zero-order valence-electron chi connectivity index (χ0n) is 19.5. The number of rotatable bonds is 3. The van der Waals surface area contributed by atoms with Gasteiger partial charge in [0.2, 0.25) is 5.91 Å². The van der Waals surface area contributed by atoms with E-state index < -0.39 is 42.0 Å². The smallest absolute Gasteiger partial charge is 0.465 e. The van der Waals surface area contributed by atoms with Gasteiger partial charge in [-0.3, -0.25) is 9.69 Å². The molecule has 31 heavy (non-hydrogen) atoms. The lowest BCUT2D eigenvalue weighted by molar-refractivity contribution is -0.129. The van der Waals surface area contributed by atoms with Gasteiger partial charge in [-0.05, 0) is 50.9 Å². The molecule has 0 aliphatic carbocycles. The van der Waals surface area contributed by atoms with Gasteiger partial charge in [0.1, 0.15) is 12.2 Å². The average Bonchev–Trinajstić information content (AvgIpc) is 2.99. The van der Waals surface area contributed by atoms with Crippen LogP contribution in [0.1, 0.15) is 54.0 Å². The summed E-state index contributed by atoms with van der Waals surface area (Å²) in [6, 6.07) is 4.91. The van der Waals surface area contributed by atoms with Gasteiger partial charge >= 0.3 is 13.2 Å². The zero-order valence-corrected chi connectivity index (χ0v) is 21.1. The Morgan fingerprint density at radius 2 is 1.74 bits per heavy atom. The van der Waals surface area contributed by atoms with Gasteiger partial charge in [-0.2, -0.15) is 0 Å². The van der Waals surface area contributed by atoms with E-state index in [0.717, 1.165) is 15.5 Å². The second-order valence-electron chi connectivity index (χ2n) is 10.5. The first-order chi connectivity index (χ1) is 14.1. The maximum atomic E-state index is 13.1. The molecular weight excluding hydrogens is 463 g/mol. The molecule has 0 saturated carbocycles. The van der Waals surface area contributed by atoms with Gasteiger partial charge in [0.15, 0.2) is 0 Å². The van der Waals surface area contributed by atoms with Gasteiger partial charge in [-0.15, -0.1) is 0 Å². The first kappa shape index (κ1) is 24.1. The van der Waals surface area contributed by atoms with Crippen LogP contribution in [-0.4, -0.2) is 64.5 Å². The van der Waals surface area contributed by atoms with Crippen LogP contribution in [0.2, 0.25) is 0 Å². The van der Waals surface area contributed by atoms with E-state index in [9.17, 15) is 14.7 Å². The topological polar surface area (TPSA) is 79.3 Å². The molecule has 2 atom stereocenters. The number of hydrogen-bond acceptors (Lipinski definition) is 4. The molecule has 3 rings (SSSR count). The molecule has 1 aromatic carbocycles. The quantitative estimate of drug-likeness (QED) is 0.650. The number of nitrogens with zero attached hydrogens (tertiary/aromatic N) is 2. The Labute approximate surface area is 193 Å². The summed E-state index contributed by atoms with van der Waals surface area (Å²) >= 11 is 3.51. The maximum Gasteiger partial charge on any atom is 0.495 e. The van der Waals surface area contributed by atoms with Crippen molar-refractivity contribution in [3.8, 4) is 0 Å². The van der Waals surface area contributed by atoms with E-state index in [1.807, 2.05) is 66.7 Å². The van der Waals surface area contributed by atoms with Crippen LogP contribution in [0, 0.1) is 5.41 Å². The minimum absolute atomic E-state index is 0.204. The number of carboxylic acid groups (broad SMARTS) is 1. The molecular formula is C22H32BBrN2O5. The van der Waals surface area contributed by atoms with Crippen molar-refractivity contribution in [2.75, 3.05) is 7.05 Å². The summed E-state index contributed by atoms with van der Waals surface area (Å²) in [7, 11) is 1.06. The molecule has 2 fully saturated rings. The zero-order chi connectivity index (χ0) is 23.5. The van der Waals surface area contributed by atoms with Gasteiger partial charge in [0.25, 0.3) is 0 Å². The van der Waals surface area contributed by atoms with Gasteiger partial charge < -0.3 is 19.3 Å². The molecule has 2 heterocycles. The van der Waals surface area contributed by atoms with E-state index >= 15 is 0 Å². The number of carbonyl (C=O) groups is 2. The van der Waals surface area contributed by atoms with Crippen LogP contribution in [0.25, 0.3) is 0 Å². The number of hydrogen-bond donors (Lipinski definition) is 1. The Morgan fingerprint density at radius 1 is 1.19 bits per heavy atom. The maximum absolute atomic E-state index is 13.1. The van der Waals surface area contributed by atoms with E-state index in [0.29, 0.717) is 0 Å². The normalized spacial score (nSPS) is 25.5. The molecule has 170 valence electrons. The predicted molar refractivity (Wildman–Crippen MR) is 123 cm³/mol. The Bertz CT molecular complexity index is 882. The van der Waals surface area contributed by atoms with E-state index in [4.69, 9.17) is 9.31 Å². The number of amides is 2. The van der Waals surface area contributed by atoms with Crippen LogP contribution in [0.15, 0.2) is 22.7 Å². The molecule has 1 N–H and O–H groups in total. The van der Waals surface area contributed by atoms with E-state index in [2.05, 4.69) is 15.9 Å². The third-order valence-electron chi connectivity index (χ3n) is 6.62. The summed E-state index contributed by atoms with van der Waals surface area (Å²) < 4.78 is 13.3. The third kappa shape index (κ3) is 4.24. The number of likely N-dealkylation sites (N-methyl/N-ethyl adjacent to an activating group) is 1. The van der Waals surface area contributed by atoms with Crippen molar-refractivity contribution in [3.05, 3.63) is 28.2 Å². The van der Waals surface area contributed by atoms with Gasteiger partial charge in [-0.1, -0.05) is 42.8 Å². The molecule has 2 unspecified atom stereocenters. The predicted octanol–water partition coefficient (Wildman–Crippen LogP) is 3.48. The standard InChI is InChI=1S/C22H32BBrN2O5/c1-20(2,3)18-25(8)17(27)16(26(18)19(28)29)11-13-9-10-14(24)12-15(13)23-30-21(4,5)22(6,7)31-23/h9-10,12,16,18H,11H2,1-8H3,(H,28,29). The second-order valence-corrected chi connectivity index (χ2v) is 11.4. The lowest BCUT2D eigenvalue weighted by Crippen LogP contribution is -2.51. The second kappa shape index (κ2) is 7.78. The average molecular weight is 495 g/mol. The summed E-state index contributed by atoms with van der Waals surface area (Å²) in [6.45, 7) is 13.8. The lowest BCUT2D eigenvalue weighted by Gasteiger charge is -2.37. The van der Waals surface area contributed by atoms with Crippen LogP contribution in [0.5, 0.6) is 0 Å². The Hall–Kier alpha value is -1.58. The molecule has 9 heteroatoms. The fourth-order valence-electron chi connectivity index (χ4n) is 4.40. The summed E-state index contributed by atoms with van der Waals surface area (Å²) in [5.41, 5.74) is 0.185. The molecule has 0 radical (unpaired) electrons. The van der Waals surface area contributed by atoms with Crippen molar-refractivity contribution < 1.29 is 24.0 Å². The molecule has 0 bridgehead atoms. The van der Waals surface area contributed by atoms with Gasteiger partial charge in [0.05, 0.1) is 11.2 Å². The van der Waals surface area contributed by atoms with Gasteiger partial charge in [0, 0.05) is 23.4 Å². The summed E-state index contributed by atoms with van der Waals surface area (Å²) in [5.74, 6) is -0.204. The highest BCUT2D eigenvalue weighted by Crippen LogP contribution is 2.38. The first-order valence-electron chi connectivity index (χ1n) is 10.5. The molecule has 0 aromatic heterocycles. The minimum Gasteiger partial charge on any atom is -0.465 e. The molecule has 7 nitrogen and oxygen atoms in total. The molecule has 2 amide bonds. The van der Waals surface area contributed by atoms with Crippen molar-refractivity contribution in [1.29, 1.82) is 0 Å². The Morgan fingerprint density at radius 3 is 2.23 bits per heavy atom.